The summed E-state index contributed by atoms with van der Waals surface area (Å²) in [5, 5.41) is 2.58. The Morgan fingerprint density at radius 3 is 2.02 bits per heavy atom. The highest BCUT2D eigenvalue weighted by molar-refractivity contribution is 5.94. The van der Waals surface area contributed by atoms with Crippen LogP contribution in [-0.4, -0.2) is 0 Å². The lowest BCUT2D eigenvalue weighted by Crippen LogP contribution is -2.73. The molecule has 6 aliphatic carbocycles. The number of hydrogen-bond acceptors (Lipinski definition) is 1. The lowest BCUT2D eigenvalue weighted by Gasteiger charge is -2.76. The van der Waals surface area contributed by atoms with Crippen LogP contribution in [0, 0.1) is 29.1 Å². The van der Waals surface area contributed by atoms with E-state index in [1.807, 2.05) is 0 Å². The van der Waals surface area contributed by atoms with E-state index in [0.29, 0.717) is 5.41 Å². The Bertz CT molecular complexity index is 2520. The highest BCUT2D eigenvalue weighted by atomic mass is 15.2. The van der Waals surface area contributed by atoms with Crippen LogP contribution in [0.1, 0.15) is 88.5 Å². The van der Waals surface area contributed by atoms with Crippen molar-refractivity contribution < 1.29 is 0 Å². The third-order valence-electron chi connectivity index (χ3n) is 16.1. The van der Waals surface area contributed by atoms with Crippen molar-refractivity contribution in [3.05, 3.63) is 150 Å². The Kier molecular flexibility index (Phi) is 5.88. The standard InChI is InChI=1S/C52H49N/c1-49(2)25-26-50(3,4)48-42(49)16-10-18-44(48)53(38-23-21-34(22-24-38)36-20-19-33-11-5-6-12-35(33)29-36)43-17-9-14-40-39-13-7-8-15-41(39)52(47(40)43)45-28-32-27-37-30-46(52)51(37,45)31-32/h5-24,29,32,37,45-46H,25-28,30-31H2,1-4H3. The predicted octanol–water partition coefficient (Wildman–Crippen LogP) is 13.7. The van der Waals surface area contributed by atoms with Gasteiger partial charge in [0.05, 0.1) is 11.4 Å². The monoisotopic (exact) mass is 687 g/mol. The molecule has 0 heterocycles. The molecule has 1 nitrogen and oxygen atoms in total. The Morgan fingerprint density at radius 2 is 1.19 bits per heavy atom. The Hall–Kier alpha value is -4.62. The molecule has 0 saturated heterocycles. The summed E-state index contributed by atoms with van der Waals surface area (Å²) >= 11 is 0. The first-order valence-corrected chi connectivity index (χ1v) is 20.5. The van der Waals surface area contributed by atoms with Gasteiger partial charge in [0.1, 0.15) is 0 Å². The molecule has 6 aromatic carbocycles. The van der Waals surface area contributed by atoms with Gasteiger partial charge in [0.25, 0.3) is 0 Å². The van der Waals surface area contributed by atoms with Crippen LogP contribution in [0.15, 0.2) is 127 Å². The minimum absolute atomic E-state index is 0.0651. The fourth-order valence-corrected chi connectivity index (χ4v) is 14.0. The van der Waals surface area contributed by atoms with Crippen molar-refractivity contribution >= 4 is 27.8 Å². The van der Waals surface area contributed by atoms with E-state index in [0.717, 1.165) is 23.7 Å². The normalized spacial score (nSPS) is 29.9. The number of anilines is 3. The molecule has 0 amide bonds. The van der Waals surface area contributed by atoms with Crippen LogP contribution in [0.4, 0.5) is 17.1 Å². The average molecular weight is 688 g/mol. The fourth-order valence-electron chi connectivity index (χ4n) is 14.0. The zero-order chi connectivity index (χ0) is 35.5. The molecule has 53 heavy (non-hydrogen) atoms. The molecule has 0 N–H and O–H groups in total. The van der Waals surface area contributed by atoms with Gasteiger partial charge < -0.3 is 4.90 Å². The molecule has 1 heteroatoms. The molecule has 4 fully saturated rings. The second-order valence-corrected chi connectivity index (χ2v) is 19.2. The van der Waals surface area contributed by atoms with E-state index in [9.17, 15) is 0 Å². The summed E-state index contributed by atoms with van der Waals surface area (Å²) in [4.78, 5) is 2.73. The third kappa shape index (κ3) is 3.70. The summed E-state index contributed by atoms with van der Waals surface area (Å²) in [5.41, 5.74) is 16.8. The molecule has 6 atom stereocenters. The molecule has 4 saturated carbocycles. The predicted molar refractivity (Wildman–Crippen MR) is 220 cm³/mol. The number of benzene rings is 6. The van der Waals surface area contributed by atoms with Crippen molar-refractivity contribution in [2.45, 2.75) is 82.5 Å². The summed E-state index contributed by atoms with van der Waals surface area (Å²) < 4.78 is 0. The van der Waals surface area contributed by atoms with Gasteiger partial charge in [-0.15, -0.1) is 0 Å². The van der Waals surface area contributed by atoms with Gasteiger partial charge >= 0.3 is 0 Å². The number of fused-ring (bicyclic) bond motifs is 10. The summed E-state index contributed by atoms with van der Waals surface area (Å²) in [6.07, 6.45) is 8.22. The maximum Gasteiger partial charge on any atom is 0.0509 e. The van der Waals surface area contributed by atoms with E-state index in [-0.39, 0.29) is 16.2 Å². The minimum atomic E-state index is 0.0651. The van der Waals surface area contributed by atoms with Gasteiger partial charge in [-0.2, -0.15) is 0 Å². The molecule has 2 spiro atoms. The molecular formula is C52H49N. The van der Waals surface area contributed by atoms with Crippen molar-refractivity contribution in [1.82, 2.24) is 0 Å². The van der Waals surface area contributed by atoms with Gasteiger partial charge in [0.2, 0.25) is 0 Å². The van der Waals surface area contributed by atoms with E-state index in [2.05, 4.69) is 160 Å². The van der Waals surface area contributed by atoms with Gasteiger partial charge in [-0.1, -0.05) is 125 Å². The quantitative estimate of drug-likeness (QED) is 0.178. The summed E-state index contributed by atoms with van der Waals surface area (Å²) in [5.74, 6) is 3.42. The maximum absolute atomic E-state index is 2.73. The van der Waals surface area contributed by atoms with Crippen molar-refractivity contribution in [1.29, 1.82) is 0 Å². The van der Waals surface area contributed by atoms with Crippen LogP contribution in [0.3, 0.4) is 0 Å². The van der Waals surface area contributed by atoms with Crippen LogP contribution < -0.4 is 4.90 Å². The fraction of sp³-hybridized carbons (Fsp3) is 0.346. The molecule has 6 unspecified atom stereocenters. The molecule has 0 aliphatic heterocycles. The lowest BCUT2D eigenvalue weighted by atomic mass is 9.26. The van der Waals surface area contributed by atoms with E-state index >= 15 is 0 Å². The van der Waals surface area contributed by atoms with Crippen LogP contribution in [0.25, 0.3) is 33.0 Å². The van der Waals surface area contributed by atoms with Crippen LogP contribution in [0.5, 0.6) is 0 Å². The topological polar surface area (TPSA) is 3.24 Å². The smallest absolute Gasteiger partial charge is 0.0509 e. The largest absolute Gasteiger partial charge is 0.310 e. The average Bonchev–Trinajstić information content (AvgIpc) is 3.81. The first kappa shape index (κ1) is 30.8. The van der Waals surface area contributed by atoms with Gasteiger partial charge in [-0.3, -0.25) is 0 Å². The molecule has 6 aromatic rings. The van der Waals surface area contributed by atoms with Crippen molar-refractivity contribution in [3.63, 3.8) is 0 Å². The molecule has 0 radical (unpaired) electrons. The molecule has 6 aliphatic rings. The van der Waals surface area contributed by atoms with Gasteiger partial charge in [-0.25, -0.2) is 0 Å². The zero-order valence-electron chi connectivity index (χ0n) is 31.6. The van der Waals surface area contributed by atoms with E-state index in [4.69, 9.17) is 0 Å². The van der Waals surface area contributed by atoms with Gasteiger partial charge in [-0.05, 0) is 164 Å². The lowest BCUT2D eigenvalue weighted by molar-refractivity contribution is -0.231. The van der Waals surface area contributed by atoms with Crippen LogP contribution >= 0.6 is 0 Å². The summed E-state index contributed by atoms with van der Waals surface area (Å²) in [6, 6.07) is 49.3. The van der Waals surface area contributed by atoms with E-state index in [1.54, 1.807) is 11.1 Å². The van der Waals surface area contributed by atoms with E-state index in [1.165, 1.54) is 99.7 Å². The molecule has 2 bridgehead atoms. The van der Waals surface area contributed by atoms with Crippen LogP contribution in [-0.2, 0) is 16.2 Å². The van der Waals surface area contributed by atoms with Gasteiger partial charge in [0, 0.05) is 11.1 Å². The third-order valence-corrected chi connectivity index (χ3v) is 16.1. The highest BCUT2D eigenvalue weighted by Gasteiger charge is 2.84. The van der Waals surface area contributed by atoms with Crippen molar-refractivity contribution in [2.24, 2.45) is 29.1 Å². The zero-order valence-corrected chi connectivity index (χ0v) is 31.6. The molecular weight excluding hydrogens is 639 g/mol. The molecule has 12 rings (SSSR count). The minimum Gasteiger partial charge on any atom is -0.310 e. The van der Waals surface area contributed by atoms with Gasteiger partial charge in [0.15, 0.2) is 0 Å². The number of rotatable bonds is 4. The second-order valence-electron chi connectivity index (χ2n) is 19.2. The first-order valence-electron chi connectivity index (χ1n) is 20.5. The Labute approximate surface area is 315 Å². The maximum atomic E-state index is 2.73. The van der Waals surface area contributed by atoms with Crippen LogP contribution in [0.2, 0.25) is 0 Å². The first-order chi connectivity index (χ1) is 25.7. The Balaban J connectivity index is 1.10. The van der Waals surface area contributed by atoms with Crippen molar-refractivity contribution in [2.75, 3.05) is 4.90 Å². The molecule has 262 valence electrons. The number of nitrogens with zero attached hydrogens (tertiary/aromatic N) is 1. The summed E-state index contributed by atoms with van der Waals surface area (Å²) in [6.45, 7) is 9.93. The SMILES string of the molecule is CC1(C)CCC(C)(C)c2c(N(c3ccc(-c4ccc5ccccc5c4)cc3)c3cccc4c3C3(c5ccccc5-4)C4CC5CC6CC3C64C5)cccc21. The van der Waals surface area contributed by atoms with E-state index < -0.39 is 0 Å². The second kappa shape index (κ2) is 10.1. The number of hydrogen-bond donors (Lipinski definition) is 0. The Morgan fingerprint density at radius 1 is 0.528 bits per heavy atom. The summed E-state index contributed by atoms with van der Waals surface area (Å²) in [7, 11) is 0. The van der Waals surface area contributed by atoms with Crippen molar-refractivity contribution in [3.8, 4) is 22.3 Å². The highest BCUT2D eigenvalue weighted by Crippen LogP contribution is 2.90. The molecule has 0 aromatic heterocycles.